The molecule has 0 aliphatic carbocycles. The van der Waals surface area contributed by atoms with Crippen LogP contribution in [0.1, 0.15) is 24.4 Å². The summed E-state index contributed by atoms with van der Waals surface area (Å²) in [7, 11) is 0. The van der Waals surface area contributed by atoms with E-state index in [-0.39, 0.29) is 11.5 Å². The summed E-state index contributed by atoms with van der Waals surface area (Å²) in [6.45, 7) is 0.551. The third-order valence-electron chi connectivity index (χ3n) is 2.85. The zero-order chi connectivity index (χ0) is 13.0. The highest BCUT2D eigenvalue weighted by atomic mass is 19.1. The fraction of sp³-hybridized carbons (Fsp3) is 0.385. The second-order valence-electron chi connectivity index (χ2n) is 4.09. The average Bonchev–Trinajstić information content (AvgIpc) is 2.90. The first-order valence-electron chi connectivity index (χ1n) is 5.78. The van der Waals surface area contributed by atoms with Gasteiger partial charge in [0.1, 0.15) is 18.0 Å². The smallest absolute Gasteiger partial charge is 0.250 e. The molecule has 0 saturated carbocycles. The zero-order valence-electron chi connectivity index (χ0n) is 9.73. The number of nitrogens with one attached hydrogen (secondary N) is 1. The molecule has 1 aliphatic rings. The highest BCUT2D eigenvalue weighted by Crippen LogP contribution is 2.18. The van der Waals surface area contributed by atoms with Crippen LogP contribution in [0, 0.1) is 17.1 Å². The number of nitriles is 1. The molecular weight excluding hydrogens is 235 g/mol. The van der Waals surface area contributed by atoms with Crippen LogP contribution in [0.15, 0.2) is 24.3 Å². The normalized spacial score (nSPS) is 20.1. The molecule has 1 N–H and O–H groups in total. The summed E-state index contributed by atoms with van der Waals surface area (Å²) in [4.78, 5) is 11.8. The third kappa shape index (κ3) is 2.66. The molecule has 2 unspecified atom stereocenters. The SMILES string of the molecule is N#CC(NC(=O)C1CCCO1)c1ccccc1F. The number of amides is 1. The molecular formula is C13H13FN2O2. The van der Waals surface area contributed by atoms with Gasteiger partial charge in [0.25, 0.3) is 0 Å². The predicted molar refractivity (Wildman–Crippen MR) is 61.9 cm³/mol. The maximum atomic E-state index is 13.5. The van der Waals surface area contributed by atoms with Crippen molar-refractivity contribution >= 4 is 5.91 Å². The van der Waals surface area contributed by atoms with Crippen LogP contribution < -0.4 is 5.32 Å². The summed E-state index contributed by atoms with van der Waals surface area (Å²) in [5.41, 5.74) is 0.173. The fourth-order valence-electron chi connectivity index (χ4n) is 1.91. The minimum atomic E-state index is -0.983. The first-order valence-corrected chi connectivity index (χ1v) is 5.78. The summed E-state index contributed by atoms with van der Waals surface area (Å²) < 4.78 is 18.7. The lowest BCUT2D eigenvalue weighted by Gasteiger charge is -2.15. The minimum Gasteiger partial charge on any atom is -0.368 e. The molecule has 18 heavy (non-hydrogen) atoms. The van der Waals surface area contributed by atoms with E-state index >= 15 is 0 Å². The van der Waals surface area contributed by atoms with Crippen molar-refractivity contribution in [1.82, 2.24) is 5.32 Å². The molecule has 4 nitrogen and oxygen atoms in total. The highest BCUT2D eigenvalue weighted by molar-refractivity contribution is 5.81. The van der Waals surface area contributed by atoms with Gasteiger partial charge in [-0.2, -0.15) is 5.26 Å². The molecule has 1 aliphatic heterocycles. The van der Waals surface area contributed by atoms with E-state index in [4.69, 9.17) is 10.00 Å². The van der Waals surface area contributed by atoms with Gasteiger partial charge in [0, 0.05) is 12.2 Å². The summed E-state index contributed by atoms with van der Waals surface area (Å²) in [5.74, 6) is -0.862. The topological polar surface area (TPSA) is 62.1 Å². The number of benzene rings is 1. The van der Waals surface area contributed by atoms with Crippen LogP contribution >= 0.6 is 0 Å². The highest BCUT2D eigenvalue weighted by Gasteiger charge is 2.26. The van der Waals surface area contributed by atoms with Crippen LogP contribution in [0.4, 0.5) is 4.39 Å². The Morgan fingerprint density at radius 1 is 1.56 bits per heavy atom. The van der Waals surface area contributed by atoms with Gasteiger partial charge in [0.2, 0.25) is 5.91 Å². The van der Waals surface area contributed by atoms with E-state index in [1.54, 1.807) is 6.07 Å². The first kappa shape index (κ1) is 12.5. The standard InChI is InChI=1S/C13H13FN2O2/c14-10-5-2-1-4-9(10)11(8-15)16-13(17)12-6-3-7-18-12/h1-2,4-5,11-12H,3,6-7H2,(H,16,17). The monoisotopic (exact) mass is 248 g/mol. The average molecular weight is 248 g/mol. The number of nitrogens with zero attached hydrogens (tertiary/aromatic N) is 1. The van der Waals surface area contributed by atoms with Crippen LogP contribution in [0.5, 0.6) is 0 Å². The lowest BCUT2D eigenvalue weighted by Crippen LogP contribution is -2.36. The van der Waals surface area contributed by atoms with Crippen molar-refractivity contribution in [2.24, 2.45) is 0 Å². The second-order valence-corrected chi connectivity index (χ2v) is 4.09. The molecule has 1 fully saturated rings. The Labute approximate surface area is 104 Å². The Morgan fingerprint density at radius 2 is 2.33 bits per heavy atom. The van der Waals surface area contributed by atoms with E-state index in [1.807, 2.05) is 6.07 Å². The quantitative estimate of drug-likeness (QED) is 0.885. The molecule has 1 aromatic carbocycles. The van der Waals surface area contributed by atoms with Gasteiger partial charge in [0.15, 0.2) is 0 Å². The number of ether oxygens (including phenoxy) is 1. The Balaban J connectivity index is 2.08. The molecule has 1 amide bonds. The Kier molecular flexibility index (Phi) is 3.90. The zero-order valence-corrected chi connectivity index (χ0v) is 9.73. The maximum Gasteiger partial charge on any atom is 0.250 e. The second kappa shape index (κ2) is 5.61. The van der Waals surface area contributed by atoms with Crippen molar-refractivity contribution in [2.45, 2.75) is 25.0 Å². The third-order valence-corrected chi connectivity index (χ3v) is 2.85. The summed E-state index contributed by atoms with van der Waals surface area (Å²) in [5, 5.41) is 11.5. The number of halogens is 1. The van der Waals surface area contributed by atoms with Gasteiger partial charge in [-0.3, -0.25) is 4.79 Å². The molecule has 2 rings (SSSR count). The lowest BCUT2D eigenvalue weighted by molar-refractivity contribution is -0.130. The molecule has 0 spiro atoms. The van der Waals surface area contributed by atoms with Gasteiger partial charge >= 0.3 is 0 Å². The Bertz CT molecular complexity index is 478. The van der Waals surface area contributed by atoms with Crippen LogP contribution in [0.3, 0.4) is 0 Å². The molecule has 94 valence electrons. The molecule has 0 aromatic heterocycles. The number of hydrogen-bond donors (Lipinski definition) is 1. The maximum absolute atomic E-state index is 13.5. The van der Waals surface area contributed by atoms with Gasteiger partial charge in [-0.15, -0.1) is 0 Å². The predicted octanol–water partition coefficient (Wildman–Crippen LogP) is 1.69. The number of carbonyl (C=O) groups excluding carboxylic acids is 1. The molecule has 0 bridgehead atoms. The van der Waals surface area contributed by atoms with E-state index in [9.17, 15) is 9.18 Å². The summed E-state index contributed by atoms with van der Waals surface area (Å²) in [6, 6.07) is 6.81. The van der Waals surface area contributed by atoms with Gasteiger partial charge in [-0.05, 0) is 18.9 Å². The Morgan fingerprint density at radius 3 is 2.94 bits per heavy atom. The molecule has 2 atom stereocenters. The van der Waals surface area contributed by atoms with Crippen LogP contribution in [0.25, 0.3) is 0 Å². The van der Waals surface area contributed by atoms with Crippen molar-refractivity contribution in [2.75, 3.05) is 6.61 Å². The number of hydrogen-bond acceptors (Lipinski definition) is 3. The van der Waals surface area contributed by atoms with E-state index in [0.29, 0.717) is 13.0 Å². The van der Waals surface area contributed by atoms with E-state index in [0.717, 1.165) is 6.42 Å². The van der Waals surface area contributed by atoms with Gasteiger partial charge in [-0.25, -0.2) is 4.39 Å². The molecule has 5 heteroatoms. The molecule has 1 heterocycles. The fourth-order valence-corrected chi connectivity index (χ4v) is 1.91. The van der Waals surface area contributed by atoms with Crippen molar-refractivity contribution in [3.8, 4) is 6.07 Å². The molecule has 1 aromatic rings. The van der Waals surface area contributed by atoms with Crippen LogP contribution in [-0.2, 0) is 9.53 Å². The van der Waals surface area contributed by atoms with Crippen LogP contribution in [0.2, 0.25) is 0 Å². The minimum absolute atomic E-state index is 0.173. The van der Waals surface area contributed by atoms with Gasteiger partial charge in [-0.1, -0.05) is 18.2 Å². The van der Waals surface area contributed by atoms with Gasteiger partial charge < -0.3 is 10.1 Å². The molecule has 1 saturated heterocycles. The largest absolute Gasteiger partial charge is 0.368 e. The lowest BCUT2D eigenvalue weighted by atomic mass is 10.1. The number of rotatable bonds is 3. The van der Waals surface area contributed by atoms with Crippen molar-refractivity contribution in [3.63, 3.8) is 0 Å². The molecule has 0 radical (unpaired) electrons. The van der Waals surface area contributed by atoms with Crippen LogP contribution in [-0.4, -0.2) is 18.6 Å². The van der Waals surface area contributed by atoms with E-state index in [2.05, 4.69) is 5.32 Å². The van der Waals surface area contributed by atoms with Crippen molar-refractivity contribution in [1.29, 1.82) is 5.26 Å². The summed E-state index contributed by atoms with van der Waals surface area (Å²) in [6.07, 6.45) is 0.948. The van der Waals surface area contributed by atoms with E-state index < -0.39 is 18.0 Å². The number of carbonyl (C=O) groups is 1. The van der Waals surface area contributed by atoms with Crippen molar-refractivity contribution in [3.05, 3.63) is 35.6 Å². The Hall–Kier alpha value is -1.93. The summed E-state index contributed by atoms with van der Waals surface area (Å²) >= 11 is 0. The van der Waals surface area contributed by atoms with Crippen molar-refractivity contribution < 1.29 is 13.9 Å². The van der Waals surface area contributed by atoms with Gasteiger partial charge in [0.05, 0.1) is 6.07 Å². The van der Waals surface area contributed by atoms with E-state index in [1.165, 1.54) is 18.2 Å². The first-order chi connectivity index (χ1) is 8.72.